The monoisotopic (exact) mass is 278 g/mol. The van der Waals surface area contributed by atoms with E-state index in [1.54, 1.807) is 18.2 Å². The summed E-state index contributed by atoms with van der Waals surface area (Å²) in [7, 11) is -3.05. The maximum atomic E-state index is 11.2. The van der Waals surface area contributed by atoms with Crippen molar-refractivity contribution in [1.29, 1.82) is 0 Å². The van der Waals surface area contributed by atoms with E-state index in [4.69, 9.17) is 9.29 Å². The van der Waals surface area contributed by atoms with Crippen molar-refractivity contribution in [1.82, 2.24) is 0 Å². The van der Waals surface area contributed by atoms with Crippen LogP contribution in [0.1, 0.15) is 11.0 Å². The Morgan fingerprint density at radius 1 is 1.00 bits per heavy atom. The quantitative estimate of drug-likeness (QED) is 0.873. The highest BCUT2D eigenvalue weighted by molar-refractivity contribution is 7.85. The molecule has 4 nitrogen and oxygen atoms in total. The van der Waals surface area contributed by atoms with Crippen LogP contribution >= 0.6 is 0 Å². The van der Waals surface area contributed by atoms with Gasteiger partial charge in [-0.3, -0.25) is 4.55 Å². The molecule has 0 spiro atoms. The number of ether oxygens (including phenoxy) is 1. The molecule has 0 aromatic heterocycles. The zero-order chi connectivity index (χ0) is 13.9. The van der Waals surface area contributed by atoms with Gasteiger partial charge in [0.25, 0.3) is 10.1 Å². The third kappa shape index (κ3) is 3.20. The zero-order valence-electron chi connectivity index (χ0n) is 10.4. The van der Waals surface area contributed by atoms with Gasteiger partial charge in [0.2, 0.25) is 5.44 Å². The van der Waals surface area contributed by atoms with E-state index in [1.165, 1.54) is 7.11 Å². The van der Waals surface area contributed by atoms with Crippen LogP contribution in [0.4, 0.5) is 0 Å². The predicted octanol–water partition coefficient (Wildman–Crippen LogP) is 2.89. The van der Waals surface area contributed by atoms with Gasteiger partial charge in [-0.15, -0.1) is 0 Å². The van der Waals surface area contributed by atoms with Crippen LogP contribution in [0.5, 0.6) is 0 Å². The van der Waals surface area contributed by atoms with E-state index in [-0.39, 0.29) is 0 Å². The second kappa shape index (κ2) is 5.52. The standard InChI is InChI=1S/C14H14O4S/c1-18-14(19(15,16)17)13-9-5-8-12(10-13)11-6-3-2-4-7-11/h2-10,14H,1H3,(H,15,16,17). The summed E-state index contributed by atoms with van der Waals surface area (Å²) in [6.45, 7) is 0. The molecule has 2 aromatic rings. The Morgan fingerprint density at radius 3 is 2.21 bits per heavy atom. The van der Waals surface area contributed by atoms with Gasteiger partial charge in [0.15, 0.2) is 0 Å². The largest absolute Gasteiger partial charge is 0.359 e. The van der Waals surface area contributed by atoms with Gasteiger partial charge < -0.3 is 4.74 Å². The topological polar surface area (TPSA) is 63.6 Å². The molecule has 1 unspecified atom stereocenters. The molecule has 0 radical (unpaired) electrons. The van der Waals surface area contributed by atoms with Gasteiger partial charge in [-0.05, 0) is 22.8 Å². The molecular formula is C14H14O4S. The lowest BCUT2D eigenvalue weighted by Crippen LogP contribution is -2.13. The Kier molecular flexibility index (Phi) is 3.99. The van der Waals surface area contributed by atoms with Gasteiger partial charge in [0, 0.05) is 7.11 Å². The van der Waals surface area contributed by atoms with Crippen molar-refractivity contribution in [3.8, 4) is 11.1 Å². The Hall–Kier alpha value is -1.69. The minimum absolute atomic E-state index is 0.395. The first-order valence-corrected chi connectivity index (χ1v) is 7.17. The first kappa shape index (κ1) is 13.7. The first-order chi connectivity index (χ1) is 9.02. The fourth-order valence-electron chi connectivity index (χ4n) is 1.93. The SMILES string of the molecule is COC(c1cccc(-c2ccccc2)c1)S(=O)(=O)O. The minimum atomic E-state index is -4.29. The maximum Gasteiger partial charge on any atom is 0.296 e. The maximum absolute atomic E-state index is 11.2. The third-order valence-corrected chi connectivity index (χ3v) is 3.76. The van der Waals surface area contributed by atoms with Crippen LogP contribution in [0.15, 0.2) is 54.6 Å². The van der Waals surface area contributed by atoms with Crippen LogP contribution in [-0.4, -0.2) is 20.1 Å². The molecule has 0 heterocycles. The van der Waals surface area contributed by atoms with Crippen LogP contribution in [0, 0.1) is 0 Å². The fraction of sp³-hybridized carbons (Fsp3) is 0.143. The molecule has 2 rings (SSSR count). The van der Waals surface area contributed by atoms with Gasteiger partial charge in [-0.25, -0.2) is 0 Å². The summed E-state index contributed by atoms with van der Waals surface area (Å²) in [6.07, 6.45) is 0. The highest BCUT2D eigenvalue weighted by atomic mass is 32.2. The lowest BCUT2D eigenvalue weighted by molar-refractivity contribution is 0.156. The summed E-state index contributed by atoms with van der Waals surface area (Å²) in [6, 6.07) is 16.5. The van der Waals surface area contributed by atoms with Crippen LogP contribution in [0.3, 0.4) is 0 Å². The molecule has 5 heteroatoms. The van der Waals surface area contributed by atoms with E-state index in [2.05, 4.69) is 0 Å². The fourth-order valence-corrected chi connectivity index (χ4v) is 2.66. The van der Waals surface area contributed by atoms with Gasteiger partial charge in [0.05, 0.1) is 0 Å². The molecule has 0 aliphatic rings. The van der Waals surface area contributed by atoms with Crippen LogP contribution in [0.25, 0.3) is 11.1 Å². The van der Waals surface area contributed by atoms with E-state index in [0.29, 0.717) is 5.56 Å². The second-order valence-electron chi connectivity index (χ2n) is 4.07. The highest BCUT2D eigenvalue weighted by Gasteiger charge is 2.24. The lowest BCUT2D eigenvalue weighted by atomic mass is 10.0. The Labute approximate surface area is 112 Å². The van der Waals surface area contributed by atoms with E-state index in [0.717, 1.165) is 11.1 Å². The summed E-state index contributed by atoms with van der Waals surface area (Å²) in [5.41, 5.74) is 0.862. The number of rotatable bonds is 4. The summed E-state index contributed by atoms with van der Waals surface area (Å²) < 4.78 is 36.5. The van der Waals surface area contributed by atoms with E-state index < -0.39 is 15.6 Å². The first-order valence-electron chi connectivity index (χ1n) is 5.67. The van der Waals surface area contributed by atoms with Gasteiger partial charge >= 0.3 is 0 Å². The molecule has 0 fully saturated rings. The van der Waals surface area contributed by atoms with Crippen molar-refractivity contribution in [2.24, 2.45) is 0 Å². The third-order valence-electron chi connectivity index (χ3n) is 2.75. The summed E-state index contributed by atoms with van der Waals surface area (Å²) in [5, 5.41) is 0. The molecule has 19 heavy (non-hydrogen) atoms. The Balaban J connectivity index is 2.45. The molecule has 0 aliphatic carbocycles. The van der Waals surface area contributed by atoms with Crippen LogP contribution < -0.4 is 0 Å². The van der Waals surface area contributed by atoms with Crippen molar-refractivity contribution in [3.05, 3.63) is 60.2 Å². The summed E-state index contributed by atoms with van der Waals surface area (Å²) >= 11 is 0. The number of hydrogen-bond donors (Lipinski definition) is 1. The lowest BCUT2D eigenvalue weighted by Gasteiger charge is -2.13. The van der Waals surface area contributed by atoms with Gasteiger partial charge in [0.1, 0.15) is 0 Å². The Bertz CT molecular complexity index is 650. The van der Waals surface area contributed by atoms with Gasteiger partial charge in [-0.1, -0.05) is 48.5 Å². The summed E-state index contributed by atoms with van der Waals surface area (Å²) in [5.74, 6) is 0. The molecule has 1 N–H and O–H groups in total. The highest BCUT2D eigenvalue weighted by Crippen LogP contribution is 2.27. The Morgan fingerprint density at radius 2 is 1.63 bits per heavy atom. The van der Waals surface area contributed by atoms with Crippen LogP contribution in [0.2, 0.25) is 0 Å². The molecular weight excluding hydrogens is 264 g/mol. The van der Waals surface area contributed by atoms with Crippen LogP contribution in [-0.2, 0) is 14.9 Å². The number of methoxy groups -OCH3 is 1. The predicted molar refractivity (Wildman–Crippen MR) is 73.2 cm³/mol. The van der Waals surface area contributed by atoms with Crippen molar-refractivity contribution >= 4 is 10.1 Å². The van der Waals surface area contributed by atoms with E-state index in [9.17, 15) is 8.42 Å². The average Bonchev–Trinajstić information content (AvgIpc) is 2.39. The van der Waals surface area contributed by atoms with E-state index in [1.807, 2.05) is 36.4 Å². The van der Waals surface area contributed by atoms with Crippen molar-refractivity contribution in [3.63, 3.8) is 0 Å². The molecule has 2 aromatic carbocycles. The average molecular weight is 278 g/mol. The summed E-state index contributed by atoms with van der Waals surface area (Å²) in [4.78, 5) is 0. The molecule has 0 bridgehead atoms. The normalized spacial score (nSPS) is 13.2. The van der Waals surface area contributed by atoms with Crippen molar-refractivity contribution in [2.75, 3.05) is 7.11 Å². The minimum Gasteiger partial charge on any atom is -0.359 e. The number of hydrogen-bond acceptors (Lipinski definition) is 3. The van der Waals surface area contributed by atoms with Gasteiger partial charge in [-0.2, -0.15) is 8.42 Å². The van der Waals surface area contributed by atoms with Crippen molar-refractivity contribution in [2.45, 2.75) is 5.44 Å². The molecule has 1 atom stereocenters. The number of benzene rings is 2. The molecule has 100 valence electrons. The molecule has 0 saturated heterocycles. The molecule has 0 saturated carbocycles. The van der Waals surface area contributed by atoms with E-state index >= 15 is 0 Å². The van der Waals surface area contributed by atoms with Crippen molar-refractivity contribution < 1.29 is 17.7 Å². The smallest absolute Gasteiger partial charge is 0.296 e. The molecule has 0 amide bonds. The molecule has 0 aliphatic heterocycles. The second-order valence-corrected chi connectivity index (χ2v) is 5.53. The zero-order valence-corrected chi connectivity index (χ0v) is 11.2.